The third-order valence-electron chi connectivity index (χ3n) is 4.61. The summed E-state index contributed by atoms with van der Waals surface area (Å²) in [5.41, 5.74) is 2.52. The highest BCUT2D eigenvalue weighted by molar-refractivity contribution is 6.31. The maximum atomic E-state index is 13.2. The number of rotatable bonds is 6. The second-order valence-electron chi connectivity index (χ2n) is 6.16. The molecule has 0 fully saturated rings. The Bertz CT molecular complexity index is 988. The molecule has 0 spiro atoms. The van der Waals surface area contributed by atoms with E-state index in [1.807, 2.05) is 0 Å². The fraction of sp³-hybridized carbons (Fsp3) is 0.182. The summed E-state index contributed by atoms with van der Waals surface area (Å²) < 4.78 is 11.2. The first-order valence-corrected chi connectivity index (χ1v) is 8.76. The van der Waals surface area contributed by atoms with Crippen LogP contribution in [0.1, 0.15) is 43.0 Å². The van der Waals surface area contributed by atoms with Crippen LogP contribution in [0.5, 0.6) is 11.5 Å². The molecular formula is C22H19ClO4. The van der Waals surface area contributed by atoms with Gasteiger partial charge in [-0.2, -0.15) is 0 Å². The fourth-order valence-corrected chi connectivity index (χ4v) is 3.71. The van der Waals surface area contributed by atoms with Crippen LogP contribution in [0, 0.1) is 0 Å². The first-order valence-electron chi connectivity index (χ1n) is 8.38. The Balaban J connectivity index is 2.46. The van der Waals surface area contributed by atoms with Crippen LogP contribution in [-0.4, -0.2) is 25.8 Å². The molecule has 0 N–H and O–H groups in total. The number of ketones is 2. The van der Waals surface area contributed by atoms with E-state index < -0.39 is 0 Å². The van der Waals surface area contributed by atoms with E-state index in [-0.39, 0.29) is 29.1 Å². The van der Waals surface area contributed by atoms with E-state index in [1.54, 1.807) is 30.3 Å². The zero-order valence-corrected chi connectivity index (χ0v) is 16.0. The van der Waals surface area contributed by atoms with Crippen molar-refractivity contribution >= 4 is 23.2 Å². The first-order chi connectivity index (χ1) is 13.0. The van der Waals surface area contributed by atoms with Crippen molar-refractivity contribution < 1.29 is 19.1 Å². The lowest BCUT2D eigenvalue weighted by molar-refractivity contribution is 0.0973. The molecule has 4 nitrogen and oxygen atoms in total. The Morgan fingerprint density at radius 1 is 1.00 bits per heavy atom. The van der Waals surface area contributed by atoms with Crippen LogP contribution >= 0.6 is 11.6 Å². The average molecular weight is 383 g/mol. The number of methoxy groups -OCH3 is 2. The van der Waals surface area contributed by atoms with Crippen molar-refractivity contribution in [1.29, 1.82) is 0 Å². The summed E-state index contributed by atoms with van der Waals surface area (Å²) in [5, 5.41) is 0.385. The van der Waals surface area contributed by atoms with Gasteiger partial charge < -0.3 is 9.47 Å². The lowest BCUT2D eigenvalue weighted by Crippen LogP contribution is -2.24. The lowest BCUT2D eigenvalue weighted by atomic mass is 9.79. The molecule has 138 valence electrons. The monoisotopic (exact) mass is 382 g/mol. The second-order valence-corrected chi connectivity index (χ2v) is 6.70. The van der Waals surface area contributed by atoms with Gasteiger partial charge in [0.25, 0.3) is 0 Å². The third kappa shape index (κ3) is 2.96. The minimum absolute atomic E-state index is 0.207. The maximum Gasteiger partial charge on any atom is 0.198 e. The summed E-state index contributed by atoms with van der Waals surface area (Å²) in [5.74, 6) is 0.141. The van der Waals surface area contributed by atoms with Crippen LogP contribution < -0.4 is 9.47 Å². The van der Waals surface area contributed by atoms with Crippen LogP contribution in [0.4, 0.5) is 0 Å². The van der Waals surface area contributed by atoms with E-state index in [1.165, 1.54) is 14.2 Å². The molecule has 0 saturated heterocycles. The standard InChI is InChI=1S/C22H19ClO4/c1-5-8-15-16(11-12(2)23)22(27-4)18-17(21(15)26-3)19(24)13-9-6-7-10-14(13)20(18)25/h5-7,9-10H,1-2,8,11H2,3-4H3. The van der Waals surface area contributed by atoms with Gasteiger partial charge in [-0.15, -0.1) is 6.58 Å². The average Bonchev–Trinajstić information content (AvgIpc) is 2.66. The topological polar surface area (TPSA) is 52.6 Å². The highest BCUT2D eigenvalue weighted by atomic mass is 35.5. The molecule has 0 amide bonds. The Morgan fingerprint density at radius 2 is 1.48 bits per heavy atom. The molecule has 2 aromatic rings. The van der Waals surface area contributed by atoms with Gasteiger partial charge in [-0.3, -0.25) is 9.59 Å². The molecule has 3 rings (SSSR count). The van der Waals surface area contributed by atoms with Crippen LogP contribution in [-0.2, 0) is 12.8 Å². The van der Waals surface area contributed by atoms with Gasteiger partial charge in [-0.1, -0.05) is 48.5 Å². The molecule has 2 aromatic carbocycles. The van der Waals surface area contributed by atoms with Gasteiger partial charge >= 0.3 is 0 Å². The molecule has 27 heavy (non-hydrogen) atoms. The molecule has 0 radical (unpaired) electrons. The third-order valence-corrected chi connectivity index (χ3v) is 4.75. The van der Waals surface area contributed by atoms with Gasteiger partial charge in [0.15, 0.2) is 11.6 Å². The number of ether oxygens (including phenoxy) is 2. The molecule has 0 unspecified atom stereocenters. The molecule has 0 saturated carbocycles. The molecule has 5 heteroatoms. The molecule has 0 bridgehead atoms. The molecule has 0 heterocycles. The smallest absolute Gasteiger partial charge is 0.198 e. The van der Waals surface area contributed by atoms with E-state index in [9.17, 15) is 9.59 Å². The number of allylic oxidation sites excluding steroid dienone is 2. The van der Waals surface area contributed by atoms with Crippen LogP contribution in [0.2, 0.25) is 0 Å². The number of carbonyl (C=O) groups is 2. The van der Waals surface area contributed by atoms with Crippen molar-refractivity contribution in [3.8, 4) is 11.5 Å². The molecule has 1 aliphatic rings. The van der Waals surface area contributed by atoms with Crippen LogP contribution in [0.15, 0.2) is 48.5 Å². The van der Waals surface area contributed by atoms with E-state index in [2.05, 4.69) is 13.2 Å². The highest BCUT2D eigenvalue weighted by Gasteiger charge is 2.38. The van der Waals surface area contributed by atoms with Crippen molar-refractivity contribution in [3.63, 3.8) is 0 Å². The number of benzene rings is 2. The molecule has 0 aromatic heterocycles. The van der Waals surface area contributed by atoms with Crippen LogP contribution in [0.25, 0.3) is 0 Å². The lowest BCUT2D eigenvalue weighted by Gasteiger charge is -2.26. The van der Waals surface area contributed by atoms with Crippen molar-refractivity contribution in [2.75, 3.05) is 14.2 Å². The summed E-state index contributed by atoms with van der Waals surface area (Å²) in [6, 6.07) is 6.75. The summed E-state index contributed by atoms with van der Waals surface area (Å²) in [6.45, 7) is 7.54. The summed E-state index contributed by atoms with van der Waals surface area (Å²) >= 11 is 6.07. The van der Waals surface area contributed by atoms with E-state index in [0.29, 0.717) is 45.2 Å². The number of carbonyl (C=O) groups excluding carboxylic acids is 2. The Hall–Kier alpha value is -2.85. The summed E-state index contributed by atoms with van der Waals surface area (Å²) in [6.07, 6.45) is 2.41. The van der Waals surface area contributed by atoms with Crippen molar-refractivity contribution in [2.24, 2.45) is 0 Å². The maximum absolute atomic E-state index is 13.2. The normalized spacial score (nSPS) is 12.3. The van der Waals surface area contributed by atoms with E-state index >= 15 is 0 Å². The fourth-order valence-electron chi connectivity index (χ4n) is 3.57. The van der Waals surface area contributed by atoms with Gasteiger partial charge in [0.05, 0.1) is 25.3 Å². The molecular weight excluding hydrogens is 364 g/mol. The SMILES string of the molecule is C=CCc1c(CC(=C)Cl)c(OC)c2c(c1OC)C(=O)c1ccccc1C2=O. The highest BCUT2D eigenvalue weighted by Crippen LogP contribution is 2.45. The number of hydrogen-bond donors (Lipinski definition) is 0. The van der Waals surface area contributed by atoms with Crippen molar-refractivity contribution in [1.82, 2.24) is 0 Å². The quantitative estimate of drug-likeness (QED) is 0.589. The van der Waals surface area contributed by atoms with Gasteiger partial charge in [0.1, 0.15) is 11.5 Å². The van der Waals surface area contributed by atoms with Crippen LogP contribution in [0.3, 0.4) is 0 Å². The number of halogens is 1. The summed E-state index contributed by atoms with van der Waals surface area (Å²) in [7, 11) is 2.95. The van der Waals surface area contributed by atoms with Crippen molar-refractivity contribution in [3.05, 3.63) is 81.9 Å². The largest absolute Gasteiger partial charge is 0.496 e. The van der Waals surface area contributed by atoms with Gasteiger partial charge in [0, 0.05) is 33.7 Å². The van der Waals surface area contributed by atoms with Gasteiger partial charge in [0.2, 0.25) is 0 Å². The predicted molar refractivity (Wildman–Crippen MR) is 105 cm³/mol. The molecule has 1 aliphatic carbocycles. The zero-order chi connectivity index (χ0) is 19.7. The van der Waals surface area contributed by atoms with Gasteiger partial charge in [-0.25, -0.2) is 0 Å². The van der Waals surface area contributed by atoms with E-state index in [4.69, 9.17) is 21.1 Å². The predicted octanol–water partition coefficient (Wildman–Crippen LogP) is 4.50. The minimum atomic E-state index is -0.276. The molecule has 0 aliphatic heterocycles. The Morgan fingerprint density at radius 3 is 1.89 bits per heavy atom. The minimum Gasteiger partial charge on any atom is -0.496 e. The first kappa shape index (κ1) is 18.9. The van der Waals surface area contributed by atoms with E-state index in [0.717, 1.165) is 0 Å². The Kier molecular flexibility index (Phi) is 5.19. The number of hydrogen-bond acceptors (Lipinski definition) is 4. The molecule has 0 atom stereocenters. The Labute approximate surface area is 163 Å². The van der Waals surface area contributed by atoms with Gasteiger partial charge in [-0.05, 0) is 6.42 Å². The zero-order valence-electron chi connectivity index (χ0n) is 15.2. The number of fused-ring (bicyclic) bond motifs is 2. The second kappa shape index (κ2) is 7.41. The van der Waals surface area contributed by atoms with Crippen molar-refractivity contribution in [2.45, 2.75) is 12.8 Å². The summed E-state index contributed by atoms with van der Waals surface area (Å²) in [4.78, 5) is 26.5.